The molecule has 0 saturated heterocycles. The van der Waals surface area contributed by atoms with Crippen molar-refractivity contribution in [1.82, 2.24) is 15.3 Å². The maximum Gasteiger partial charge on any atom is 0.244 e. The second-order valence-electron chi connectivity index (χ2n) is 5.81. The maximum atomic E-state index is 11.9. The van der Waals surface area contributed by atoms with Crippen LogP contribution in [0.1, 0.15) is 21.6 Å². The number of pyridine rings is 1. The number of aromatic nitrogens is 2. The summed E-state index contributed by atoms with van der Waals surface area (Å²) < 4.78 is 5.81. The Morgan fingerprint density at radius 1 is 1.23 bits per heavy atom. The Bertz CT molecular complexity index is 921. The highest BCUT2D eigenvalue weighted by Crippen LogP contribution is 2.22. The third kappa shape index (κ3) is 5.00. The molecule has 0 spiro atoms. The summed E-state index contributed by atoms with van der Waals surface area (Å²) in [5.74, 6) is 1.08. The zero-order chi connectivity index (χ0) is 18.4. The van der Waals surface area contributed by atoms with Crippen LogP contribution in [0.25, 0.3) is 6.08 Å². The molecule has 132 valence electrons. The zero-order valence-electron chi connectivity index (χ0n) is 14.6. The predicted molar refractivity (Wildman–Crippen MR) is 103 cm³/mol. The SMILES string of the molecule is Cc1ccc(Oc2cc(CNC(=O)/C=C/c3cncs3)ccn2)cc1C. The average molecular weight is 365 g/mol. The van der Waals surface area contributed by atoms with E-state index in [1.54, 1.807) is 24.0 Å². The van der Waals surface area contributed by atoms with E-state index in [0.717, 1.165) is 16.2 Å². The van der Waals surface area contributed by atoms with Crippen LogP contribution in [0.2, 0.25) is 0 Å². The highest BCUT2D eigenvalue weighted by atomic mass is 32.1. The van der Waals surface area contributed by atoms with Gasteiger partial charge in [-0.1, -0.05) is 6.07 Å². The molecule has 0 atom stereocenters. The summed E-state index contributed by atoms with van der Waals surface area (Å²) in [7, 11) is 0. The molecule has 1 amide bonds. The Hall–Kier alpha value is -2.99. The lowest BCUT2D eigenvalue weighted by atomic mass is 10.1. The number of nitrogens with zero attached hydrogens (tertiary/aromatic N) is 2. The summed E-state index contributed by atoms with van der Waals surface area (Å²) in [6, 6.07) is 9.59. The fourth-order valence-corrected chi connectivity index (χ4v) is 2.74. The van der Waals surface area contributed by atoms with Gasteiger partial charge in [0.1, 0.15) is 5.75 Å². The standard InChI is InChI=1S/C20H19N3O2S/c1-14-3-4-17(9-15(14)2)25-20-10-16(7-8-22-20)11-23-19(24)6-5-18-12-21-13-26-18/h3-10,12-13H,11H2,1-2H3,(H,23,24)/b6-5+. The van der Waals surface area contributed by atoms with Gasteiger partial charge >= 0.3 is 0 Å². The van der Waals surface area contributed by atoms with Gasteiger partial charge < -0.3 is 10.1 Å². The Balaban J connectivity index is 1.58. The molecule has 0 saturated carbocycles. The van der Waals surface area contributed by atoms with Gasteiger partial charge in [0.25, 0.3) is 0 Å². The molecule has 1 N–H and O–H groups in total. The normalized spacial score (nSPS) is 10.8. The molecule has 5 nitrogen and oxygen atoms in total. The number of rotatable bonds is 6. The molecule has 26 heavy (non-hydrogen) atoms. The van der Waals surface area contributed by atoms with Gasteiger partial charge in [0.2, 0.25) is 11.8 Å². The minimum Gasteiger partial charge on any atom is -0.439 e. The van der Waals surface area contributed by atoms with Gasteiger partial charge in [0.15, 0.2) is 0 Å². The van der Waals surface area contributed by atoms with Gasteiger partial charge in [-0.05, 0) is 54.8 Å². The first-order valence-corrected chi connectivity index (χ1v) is 9.02. The maximum absolute atomic E-state index is 11.9. The molecule has 2 heterocycles. The lowest BCUT2D eigenvalue weighted by Crippen LogP contribution is -2.20. The molecule has 3 rings (SSSR count). The molecule has 3 aromatic rings. The largest absolute Gasteiger partial charge is 0.439 e. The molecule has 0 fully saturated rings. The van der Waals surface area contributed by atoms with Crippen molar-refractivity contribution >= 4 is 23.3 Å². The van der Waals surface area contributed by atoms with Gasteiger partial charge in [0.05, 0.1) is 5.51 Å². The summed E-state index contributed by atoms with van der Waals surface area (Å²) >= 11 is 1.48. The number of ether oxygens (including phenoxy) is 1. The van der Waals surface area contributed by atoms with Crippen LogP contribution in [-0.2, 0) is 11.3 Å². The van der Waals surface area contributed by atoms with Gasteiger partial charge in [-0.15, -0.1) is 11.3 Å². The fraction of sp³-hybridized carbons (Fsp3) is 0.150. The van der Waals surface area contributed by atoms with E-state index in [-0.39, 0.29) is 5.91 Å². The Morgan fingerprint density at radius 2 is 2.12 bits per heavy atom. The Labute approximate surface area is 156 Å². The molecular formula is C20H19N3O2S. The summed E-state index contributed by atoms with van der Waals surface area (Å²) in [6.07, 6.45) is 6.63. The molecule has 6 heteroatoms. The second-order valence-corrected chi connectivity index (χ2v) is 6.72. The third-order valence-corrected chi connectivity index (χ3v) is 4.56. The van der Waals surface area contributed by atoms with Gasteiger partial charge in [0, 0.05) is 36.0 Å². The summed E-state index contributed by atoms with van der Waals surface area (Å²) in [4.78, 5) is 21.0. The van der Waals surface area contributed by atoms with Crippen LogP contribution in [-0.4, -0.2) is 15.9 Å². The molecule has 0 aliphatic heterocycles. The van der Waals surface area contributed by atoms with E-state index in [0.29, 0.717) is 12.4 Å². The van der Waals surface area contributed by atoms with E-state index in [4.69, 9.17) is 4.74 Å². The van der Waals surface area contributed by atoms with Crippen LogP contribution in [0.5, 0.6) is 11.6 Å². The van der Waals surface area contributed by atoms with E-state index in [1.165, 1.54) is 28.5 Å². The monoisotopic (exact) mass is 365 g/mol. The van der Waals surface area contributed by atoms with Crippen LogP contribution in [0, 0.1) is 13.8 Å². The van der Waals surface area contributed by atoms with Crippen molar-refractivity contribution in [3.05, 3.63) is 75.9 Å². The first-order valence-electron chi connectivity index (χ1n) is 8.14. The van der Waals surface area contributed by atoms with Crippen molar-refractivity contribution in [2.24, 2.45) is 0 Å². The molecule has 0 aliphatic carbocycles. The van der Waals surface area contributed by atoms with Crippen molar-refractivity contribution in [2.45, 2.75) is 20.4 Å². The van der Waals surface area contributed by atoms with Crippen molar-refractivity contribution in [1.29, 1.82) is 0 Å². The molecule has 0 unspecified atom stereocenters. The number of benzene rings is 1. The Morgan fingerprint density at radius 3 is 2.88 bits per heavy atom. The number of hydrogen-bond acceptors (Lipinski definition) is 5. The molecule has 0 radical (unpaired) electrons. The van der Waals surface area contributed by atoms with Gasteiger partial charge in [-0.3, -0.25) is 9.78 Å². The molecule has 0 bridgehead atoms. The van der Waals surface area contributed by atoms with E-state index < -0.39 is 0 Å². The lowest BCUT2D eigenvalue weighted by molar-refractivity contribution is -0.116. The smallest absolute Gasteiger partial charge is 0.244 e. The van der Waals surface area contributed by atoms with Crippen LogP contribution in [0.15, 0.2) is 54.3 Å². The first kappa shape index (κ1) is 17.8. The molecule has 2 aromatic heterocycles. The van der Waals surface area contributed by atoms with E-state index in [1.807, 2.05) is 37.3 Å². The van der Waals surface area contributed by atoms with Crippen molar-refractivity contribution in [3.63, 3.8) is 0 Å². The number of aryl methyl sites for hydroxylation is 2. The first-order chi connectivity index (χ1) is 12.6. The third-order valence-electron chi connectivity index (χ3n) is 3.82. The number of nitrogens with one attached hydrogen (secondary N) is 1. The quantitative estimate of drug-likeness (QED) is 0.662. The van der Waals surface area contributed by atoms with Crippen LogP contribution in [0.4, 0.5) is 0 Å². The van der Waals surface area contributed by atoms with Crippen LogP contribution >= 0.6 is 11.3 Å². The van der Waals surface area contributed by atoms with E-state index in [9.17, 15) is 4.79 Å². The highest BCUT2D eigenvalue weighted by Gasteiger charge is 2.03. The minimum atomic E-state index is -0.160. The van der Waals surface area contributed by atoms with E-state index >= 15 is 0 Å². The van der Waals surface area contributed by atoms with Crippen molar-refractivity contribution in [3.8, 4) is 11.6 Å². The minimum absolute atomic E-state index is 0.160. The lowest BCUT2D eigenvalue weighted by Gasteiger charge is -2.08. The zero-order valence-corrected chi connectivity index (χ0v) is 15.4. The van der Waals surface area contributed by atoms with E-state index in [2.05, 4.69) is 22.2 Å². The number of amides is 1. The predicted octanol–water partition coefficient (Wildman–Crippen LogP) is 4.28. The van der Waals surface area contributed by atoms with Crippen molar-refractivity contribution < 1.29 is 9.53 Å². The van der Waals surface area contributed by atoms with Crippen LogP contribution in [0.3, 0.4) is 0 Å². The number of carbonyl (C=O) groups is 1. The summed E-state index contributed by atoms with van der Waals surface area (Å²) in [5, 5.41) is 2.84. The molecular weight excluding hydrogens is 346 g/mol. The summed E-state index contributed by atoms with van der Waals surface area (Å²) in [5.41, 5.74) is 5.02. The van der Waals surface area contributed by atoms with Gasteiger partial charge in [-0.25, -0.2) is 4.98 Å². The molecule has 0 aliphatic rings. The number of thiazole rings is 1. The number of hydrogen-bond donors (Lipinski definition) is 1. The van der Waals surface area contributed by atoms with Crippen LogP contribution < -0.4 is 10.1 Å². The van der Waals surface area contributed by atoms with Gasteiger partial charge in [-0.2, -0.15) is 0 Å². The average Bonchev–Trinajstić information content (AvgIpc) is 3.15. The topological polar surface area (TPSA) is 64.1 Å². The second kappa shape index (κ2) is 8.40. The van der Waals surface area contributed by atoms with Crippen molar-refractivity contribution in [2.75, 3.05) is 0 Å². The highest BCUT2D eigenvalue weighted by molar-refractivity contribution is 7.10. The molecule has 1 aromatic carbocycles. The fourth-order valence-electron chi connectivity index (χ4n) is 2.23. The Kier molecular flexibility index (Phi) is 5.76. The summed E-state index contributed by atoms with van der Waals surface area (Å²) in [6.45, 7) is 4.50. The number of carbonyl (C=O) groups excluding carboxylic acids is 1.